The Labute approximate surface area is 194 Å². The quantitative estimate of drug-likeness (QED) is 0.295. The topological polar surface area (TPSA) is 63.9 Å². The third-order valence-corrected chi connectivity index (χ3v) is 7.52. The van der Waals surface area contributed by atoms with Gasteiger partial charge in [-0.15, -0.1) is 32.9 Å². The van der Waals surface area contributed by atoms with Crippen molar-refractivity contribution in [3.8, 4) is 10.7 Å². The predicted octanol–water partition coefficient (Wildman–Crippen LogP) is 6.02. The lowest BCUT2D eigenvalue weighted by atomic mass is 10.1. The van der Waals surface area contributed by atoms with Gasteiger partial charge in [0.1, 0.15) is 0 Å². The molecular weight excluding hydrogens is 446 g/mol. The maximum absolute atomic E-state index is 12.5. The van der Waals surface area contributed by atoms with Gasteiger partial charge in [0, 0.05) is 24.6 Å². The minimum Gasteiger partial charge on any atom is -0.302 e. The summed E-state index contributed by atoms with van der Waals surface area (Å²) in [6, 6.07) is 12.1. The molecule has 0 saturated carbocycles. The van der Waals surface area contributed by atoms with Crippen molar-refractivity contribution in [2.75, 3.05) is 4.90 Å². The first-order chi connectivity index (χ1) is 15.1. The van der Waals surface area contributed by atoms with Crippen LogP contribution in [0.2, 0.25) is 0 Å². The van der Waals surface area contributed by atoms with E-state index in [1.54, 1.807) is 34.9 Å². The van der Waals surface area contributed by atoms with E-state index in [1.165, 1.54) is 11.3 Å². The molecule has 160 valence electrons. The van der Waals surface area contributed by atoms with E-state index in [2.05, 4.69) is 40.7 Å². The van der Waals surface area contributed by atoms with Gasteiger partial charge in [-0.1, -0.05) is 43.0 Å². The molecular formula is C22H23N5OS3. The van der Waals surface area contributed by atoms with Crippen LogP contribution in [0, 0.1) is 0 Å². The predicted molar refractivity (Wildman–Crippen MR) is 129 cm³/mol. The highest BCUT2D eigenvalue weighted by atomic mass is 32.2. The summed E-state index contributed by atoms with van der Waals surface area (Å²) in [7, 11) is 0. The number of hydrogen-bond donors (Lipinski definition) is 0. The zero-order valence-corrected chi connectivity index (χ0v) is 20.1. The van der Waals surface area contributed by atoms with E-state index in [0.29, 0.717) is 10.9 Å². The Morgan fingerprint density at radius 1 is 1.13 bits per heavy atom. The van der Waals surface area contributed by atoms with Crippen LogP contribution in [0.4, 0.5) is 10.8 Å². The highest BCUT2D eigenvalue weighted by molar-refractivity contribution is 7.98. The Kier molecular flexibility index (Phi) is 6.84. The molecule has 0 aliphatic rings. The van der Waals surface area contributed by atoms with Gasteiger partial charge >= 0.3 is 0 Å². The van der Waals surface area contributed by atoms with Gasteiger partial charge in [-0.3, -0.25) is 9.69 Å². The van der Waals surface area contributed by atoms with E-state index in [4.69, 9.17) is 4.98 Å². The molecule has 0 bridgehead atoms. The number of thioether (sulfide) groups is 1. The van der Waals surface area contributed by atoms with Crippen molar-refractivity contribution in [3.05, 3.63) is 58.4 Å². The van der Waals surface area contributed by atoms with Gasteiger partial charge in [-0.2, -0.15) is 0 Å². The van der Waals surface area contributed by atoms with E-state index in [1.807, 2.05) is 35.0 Å². The summed E-state index contributed by atoms with van der Waals surface area (Å²) in [4.78, 5) is 20.0. The lowest BCUT2D eigenvalue weighted by Gasteiger charge is -2.20. The number of para-hydroxylation sites is 1. The first-order valence-corrected chi connectivity index (χ1v) is 12.8. The van der Waals surface area contributed by atoms with Gasteiger partial charge in [-0.25, -0.2) is 4.98 Å². The van der Waals surface area contributed by atoms with Crippen LogP contribution in [0.5, 0.6) is 0 Å². The van der Waals surface area contributed by atoms with E-state index < -0.39 is 0 Å². The molecule has 9 heteroatoms. The maximum Gasteiger partial charge on any atom is 0.230 e. The number of carbonyl (C=O) groups is 1. The second-order valence-corrected chi connectivity index (χ2v) is 9.50. The zero-order chi connectivity index (χ0) is 21.8. The Bertz CT molecular complexity index is 1170. The van der Waals surface area contributed by atoms with Crippen LogP contribution in [0.25, 0.3) is 10.7 Å². The van der Waals surface area contributed by atoms with Crippen LogP contribution >= 0.6 is 34.4 Å². The second kappa shape index (κ2) is 9.76. The number of nitrogens with zero attached hydrogens (tertiary/aromatic N) is 5. The first-order valence-electron chi connectivity index (χ1n) is 10.0. The number of anilines is 2. The Morgan fingerprint density at radius 3 is 2.68 bits per heavy atom. The number of aromatic nitrogens is 4. The van der Waals surface area contributed by atoms with Crippen LogP contribution < -0.4 is 4.90 Å². The third kappa shape index (κ3) is 4.58. The molecule has 3 aromatic heterocycles. The lowest BCUT2D eigenvalue weighted by molar-refractivity contribution is -0.115. The highest BCUT2D eigenvalue weighted by Crippen LogP contribution is 2.34. The molecule has 0 spiro atoms. The van der Waals surface area contributed by atoms with Crippen molar-refractivity contribution in [3.63, 3.8) is 0 Å². The Balaban J connectivity index is 1.54. The molecule has 1 aromatic carbocycles. The molecule has 6 nitrogen and oxygen atoms in total. The van der Waals surface area contributed by atoms with Gasteiger partial charge in [0.05, 0.1) is 16.3 Å². The number of rotatable bonds is 8. The summed E-state index contributed by atoms with van der Waals surface area (Å²) in [6.07, 6.45) is 0.854. The molecule has 31 heavy (non-hydrogen) atoms. The van der Waals surface area contributed by atoms with Crippen molar-refractivity contribution >= 4 is 51.2 Å². The van der Waals surface area contributed by atoms with Crippen LogP contribution in [0.1, 0.15) is 32.0 Å². The number of hydrogen-bond acceptors (Lipinski definition) is 7. The molecule has 0 N–H and O–H groups in total. The standard InChI is InChI=1S/C22H23N5OS3/c1-4-16-9-6-7-10-18(16)27(15(3)28)21-23-17(13-30-21)14-31-22-25-24-20(26(22)5-2)19-11-8-12-29-19/h6-13H,4-5,14H2,1-3H3. The lowest BCUT2D eigenvalue weighted by Crippen LogP contribution is -2.23. The van der Waals surface area contributed by atoms with Crippen LogP contribution in [0.15, 0.2) is 52.3 Å². The van der Waals surface area contributed by atoms with Crippen molar-refractivity contribution in [1.82, 2.24) is 19.7 Å². The van der Waals surface area contributed by atoms with Crippen LogP contribution in [-0.2, 0) is 23.5 Å². The van der Waals surface area contributed by atoms with E-state index in [0.717, 1.165) is 45.8 Å². The summed E-state index contributed by atoms with van der Waals surface area (Å²) in [5.74, 6) is 1.53. The van der Waals surface area contributed by atoms with Crippen LogP contribution in [-0.4, -0.2) is 25.7 Å². The van der Waals surface area contributed by atoms with Gasteiger partial charge in [0.15, 0.2) is 16.1 Å². The second-order valence-electron chi connectivity index (χ2n) is 6.77. The summed E-state index contributed by atoms with van der Waals surface area (Å²) < 4.78 is 2.13. The maximum atomic E-state index is 12.5. The van der Waals surface area contributed by atoms with Crippen molar-refractivity contribution in [1.29, 1.82) is 0 Å². The molecule has 0 aliphatic carbocycles. The number of amides is 1. The average molecular weight is 470 g/mol. The molecule has 0 radical (unpaired) electrons. The molecule has 4 rings (SSSR count). The first kappa shape index (κ1) is 21.7. The van der Waals surface area contributed by atoms with Gasteiger partial charge < -0.3 is 4.57 Å². The summed E-state index contributed by atoms with van der Waals surface area (Å²) >= 11 is 4.76. The minimum absolute atomic E-state index is 0.0410. The molecule has 0 saturated heterocycles. The summed E-state index contributed by atoms with van der Waals surface area (Å²) in [5.41, 5.74) is 2.95. The zero-order valence-electron chi connectivity index (χ0n) is 17.6. The van der Waals surface area contributed by atoms with Gasteiger partial charge in [0.2, 0.25) is 5.91 Å². The Hall–Kier alpha value is -2.49. The number of thiazole rings is 1. The number of thiophene rings is 1. The SMILES string of the molecule is CCc1ccccc1N(C(C)=O)c1nc(CSc2nnc(-c3cccs3)n2CC)cs1. The van der Waals surface area contributed by atoms with Gasteiger partial charge in [-0.05, 0) is 36.4 Å². The molecule has 0 fully saturated rings. The van der Waals surface area contributed by atoms with E-state index in [-0.39, 0.29) is 5.91 Å². The summed E-state index contributed by atoms with van der Waals surface area (Å²) in [6.45, 7) is 6.58. The fourth-order valence-corrected chi connectivity index (χ4v) is 5.91. The molecule has 0 unspecified atom stereocenters. The smallest absolute Gasteiger partial charge is 0.230 e. The fourth-order valence-electron chi connectivity index (χ4n) is 3.31. The normalized spacial score (nSPS) is 11.1. The number of carbonyl (C=O) groups excluding carboxylic acids is 1. The molecule has 4 aromatic rings. The molecule has 0 aliphatic heterocycles. The highest BCUT2D eigenvalue weighted by Gasteiger charge is 2.21. The molecule has 0 atom stereocenters. The van der Waals surface area contributed by atoms with E-state index >= 15 is 0 Å². The molecule has 3 heterocycles. The average Bonchev–Trinajstić information content (AvgIpc) is 3.53. The largest absolute Gasteiger partial charge is 0.302 e. The third-order valence-electron chi connectivity index (χ3n) is 4.78. The van der Waals surface area contributed by atoms with Crippen molar-refractivity contribution < 1.29 is 4.79 Å². The molecule has 1 amide bonds. The Morgan fingerprint density at radius 2 is 1.97 bits per heavy atom. The fraction of sp³-hybridized carbons (Fsp3) is 0.273. The van der Waals surface area contributed by atoms with Crippen molar-refractivity contribution in [2.45, 2.75) is 44.6 Å². The number of benzene rings is 1. The summed E-state index contributed by atoms with van der Waals surface area (Å²) in [5, 5.41) is 14.4. The number of aryl methyl sites for hydroxylation is 1. The minimum atomic E-state index is -0.0410. The van der Waals surface area contributed by atoms with E-state index in [9.17, 15) is 4.79 Å². The van der Waals surface area contributed by atoms with Gasteiger partial charge in [0.25, 0.3) is 0 Å². The van der Waals surface area contributed by atoms with Crippen LogP contribution in [0.3, 0.4) is 0 Å². The monoisotopic (exact) mass is 469 g/mol. The van der Waals surface area contributed by atoms with Crippen molar-refractivity contribution in [2.24, 2.45) is 0 Å².